The average molecular weight is 434 g/mol. The minimum Gasteiger partial charge on any atom is -0.437 e. The number of aromatic nitrogens is 1. The van der Waals surface area contributed by atoms with E-state index >= 15 is 0 Å². The number of nitrogens with zero attached hydrogens (tertiary/aromatic N) is 2. The molecule has 32 heavy (non-hydrogen) atoms. The van der Waals surface area contributed by atoms with E-state index in [9.17, 15) is 9.59 Å². The van der Waals surface area contributed by atoms with Crippen molar-refractivity contribution in [3.8, 4) is 0 Å². The van der Waals surface area contributed by atoms with Crippen molar-refractivity contribution in [2.24, 2.45) is 0 Å². The van der Waals surface area contributed by atoms with Gasteiger partial charge in [0.15, 0.2) is 5.58 Å². The lowest BCUT2D eigenvalue weighted by Gasteiger charge is -2.24. The number of para-hydroxylation sites is 2. The summed E-state index contributed by atoms with van der Waals surface area (Å²) in [6, 6.07) is 13.2. The van der Waals surface area contributed by atoms with Gasteiger partial charge < -0.3 is 19.4 Å². The minimum atomic E-state index is -0.293. The number of ether oxygens (including phenoxy) is 1. The van der Waals surface area contributed by atoms with Crippen molar-refractivity contribution in [3.05, 3.63) is 65.6 Å². The number of fused-ring (bicyclic) bond motifs is 1. The molecule has 1 aliphatic rings. The fraction of sp³-hybridized carbons (Fsp3) is 0.320. The van der Waals surface area contributed by atoms with Crippen LogP contribution in [0.25, 0.3) is 17.2 Å². The third-order valence-corrected chi connectivity index (χ3v) is 5.65. The van der Waals surface area contributed by atoms with Gasteiger partial charge in [-0.15, -0.1) is 0 Å². The Hall–Kier alpha value is -3.45. The monoisotopic (exact) mass is 433 g/mol. The smallest absolute Gasteiger partial charge is 0.247 e. The largest absolute Gasteiger partial charge is 0.437 e. The molecule has 2 aromatic carbocycles. The molecule has 7 heteroatoms. The molecule has 7 nitrogen and oxygen atoms in total. The van der Waals surface area contributed by atoms with E-state index in [1.165, 1.54) is 17.1 Å². The van der Waals surface area contributed by atoms with Crippen LogP contribution in [0.2, 0.25) is 0 Å². The Morgan fingerprint density at radius 2 is 2.03 bits per heavy atom. The Labute approximate surface area is 187 Å². The number of oxazole rings is 1. The zero-order valence-electron chi connectivity index (χ0n) is 18.3. The number of hydrogen-bond donors (Lipinski definition) is 1. The number of carbonyl (C=O) groups is 2. The molecule has 166 valence electrons. The van der Waals surface area contributed by atoms with E-state index in [0.29, 0.717) is 24.6 Å². The number of benzene rings is 2. The molecule has 2 amide bonds. The predicted octanol–water partition coefficient (Wildman–Crippen LogP) is 4.10. The van der Waals surface area contributed by atoms with Gasteiger partial charge in [-0.2, -0.15) is 0 Å². The molecule has 0 radical (unpaired) electrons. The number of amides is 2. The maximum atomic E-state index is 13.0. The Bertz CT molecular complexity index is 1110. The van der Waals surface area contributed by atoms with Crippen LogP contribution in [-0.4, -0.2) is 47.5 Å². The van der Waals surface area contributed by atoms with E-state index in [2.05, 4.69) is 10.3 Å². The fourth-order valence-corrected chi connectivity index (χ4v) is 3.73. The van der Waals surface area contributed by atoms with Crippen molar-refractivity contribution in [2.75, 3.05) is 25.0 Å². The molecule has 1 fully saturated rings. The van der Waals surface area contributed by atoms with Crippen molar-refractivity contribution in [1.82, 2.24) is 9.88 Å². The standard InChI is InChI=1S/C25H27N3O4/c1-17-7-5-10-20(18(17)2)26-23(29)16-28(15-19-8-6-14-31-19)25(30)13-12-24-27-21-9-3-4-11-22(21)32-24/h3-5,7,9-13,19H,6,8,14-16H2,1-2H3,(H,26,29). The quantitative estimate of drug-likeness (QED) is 0.567. The summed E-state index contributed by atoms with van der Waals surface area (Å²) >= 11 is 0. The molecule has 1 unspecified atom stereocenters. The minimum absolute atomic E-state index is 0.0646. The van der Waals surface area contributed by atoms with Gasteiger partial charge in [-0.1, -0.05) is 24.3 Å². The maximum Gasteiger partial charge on any atom is 0.247 e. The maximum absolute atomic E-state index is 13.0. The molecular weight excluding hydrogens is 406 g/mol. The second kappa shape index (κ2) is 9.78. The van der Waals surface area contributed by atoms with E-state index in [1.54, 1.807) is 0 Å². The van der Waals surface area contributed by atoms with Crippen molar-refractivity contribution >= 4 is 34.7 Å². The summed E-state index contributed by atoms with van der Waals surface area (Å²) in [5, 5.41) is 2.92. The van der Waals surface area contributed by atoms with Gasteiger partial charge in [-0.3, -0.25) is 9.59 Å². The predicted molar refractivity (Wildman–Crippen MR) is 123 cm³/mol. The van der Waals surface area contributed by atoms with Crippen LogP contribution in [0.1, 0.15) is 29.9 Å². The summed E-state index contributed by atoms with van der Waals surface area (Å²) in [5.74, 6) is -0.198. The van der Waals surface area contributed by atoms with Gasteiger partial charge in [0, 0.05) is 31.0 Å². The van der Waals surface area contributed by atoms with E-state index in [4.69, 9.17) is 9.15 Å². The van der Waals surface area contributed by atoms with Crippen molar-refractivity contribution in [3.63, 3.8) is 0 Å². The highest BCUT2D eigenvalue weighted by atomic mass is 16.5. The molecule has 1 aromatic heterocycles. The van der Waals surface area contributed by atoms with Crippen LogP contribution in [0.3, 0.4) is 0 Å². The van der Waals surface area contributed by atoms with Gasteiger partial charge in [-0.25, -0.2) is 4.98 Å². The lowest BCUT2D eigenvalue weighted by molar-refractivity contribution is -0.131. The van der Waals surface area contributed by atoms with E-state index in [-0.39, 0.29) is 24.5 Å². The molecule has 0 saturated carbocycles. The van der Waals surface area contributed by atoms with Crippen LogP contribution in [0.15, 0.2) is 53.0 Å². The summed E-state index contributed by atoms with van der Waals surface area (Å²) in [7, 11) is 0. The second-order valence-electron chi connectivity index (χ2n) is 8.00. The first-order valence-electron chi connectivity index (χ1n) is 10.8. The third-order valence-electron chi connectivity index (χ3n) is 5.65. The summed E-state index contributed by atoms with van der Waals surface area (Å²) in [5.41, 5.74) is 4.24. The summed E-state index contributed by atoms with van der Waals surface area (Å²) < 4.78 is 11.3. The molecule has 1 saturated heterocycles. The Kier molecular flexibility index (Phi) is 6.66. The third kappa shape index (κ3) is 5.23. The number of hydrogen-bond acceptors (Lipinski definition) is 5. The lowest BCUT2D eigenvalue weighted by Crippen LogP contribution is -2.41. The first-order valence-corrected chi connectivity index (χ1v) is 10.8. The van der Waals surface area contributed by atoms with E-state index in [1.807, 2.05) is 56.3 Å². The van der Waals surface area contributed by atoms with E-state index < -0.39 is 0 Å². The van der Waals surface area contributed by atoms with Crippen molar-refractivity contribution in [1.29, 1.82) is 0 Å². The zero-order chi connectivity index (χ0) is 22.5. The summed E-state index contributed by atoms with van der Waals surface area (Å²) in [4.78, 5) is 31.6. The van der Waals surface area contributed by atoms with Gasteiger partial charge >= 0.3 is 0 Å². The number of aryl methyl sites for hydroxylation is 1. The Morgan fingerprint density at radius 3 is 2.81 bits per heavy atom. The van der Waals surface area contributed by atoms with Gasteiger partial charge in [0.25, 0.3) is 0 Å². The van der Waals surface area contributed by atoms with Crippen LogP contribution < -0.4 is 5.32 Å². The topological polar surface area (TPSA) is 84.7 Å². The SMILES string of the molecule is Cc1cccc(NC(=O)CN(CC2CCCO2)C(=O)C=Cc2nc3ccccc3o2)c1C. The number of anilines is 1. The van der Waals surface area contributed by atoms with Crippen LogP contribution in [0, 0.1) is 13.8 Å². The Morgan fingerprint density at radius 1 is 1.19 bits per heavy atom. The van der Waals surface area contributed by atoms with Gasteiger partial charge in [-0.05, 0) is 56.0 Å². The molecule has 1 N–H and O–H groups in total. The Balaban J connectivity index is 1.46. The van der Waals surface area contributed by atoms with Crippen LogP contribution in [0.4, 0.5) is 5.69 Å². The van der Waals surface area contributed by atoms with Crippen LogP contribution in [-0.2, 0) is 14.3 Å². The summed E-state index contributed by atoms with van der Waals surface area (Å²) in [6.45, 7) is 4.93. The van der Waals surface area contributed by atoms with Crippen molar-refractivity contribution < 1.29 is 18.7 Å². The lowest BCUT2D eigenvalue weighted by atomic mass is 10.1. The molecule has 0 aliphatic carbocycles. The molecule has 1 atom stereocenters. The molecule has 3 aromatic rings. The average Bonchev–Trinajstić information content (AvgIpc) is 3.44. The molecule has 4 rings (SSSR count). The first kappa shape index (κ1) is 21.8. The molecule has 2 heterocycles. The van der Waals surface area contributed by atoms with Crippen LogP contribution in [0.5, 0.6) is 0 Å². The molecule has 0 spiro atoms. The normalized spacial score (nSPS) is 16.0. The zero-order valence-corrected chi connectivity index (χ0v) is 18.3. The van der Waals surface area contributed by atoms with Crippen LogP contribution >= 0.6 is 0 Å². The first-order chi connectivity index (χ1) is 15.5. The molecule has 0 bridgehead atoms. The molecular formula is C25H27N3O4. The number of carbonyl (C=O) groups excluding carboxylic acids is 2. The van der Waals surface area contributed by atoms with Crippen molar-refractivity contribution in [2.45, 2.75) is 32.8 Å². The molecule has 1 aliphatic heterocycles. The highest BCUT2D eigenvalue weighted by molar-refractivity contribution is 5.98. The highest BCUT2D eigenvalue weighted by Crippen LogP contribution is 2.19. The highest BCUT2D eigenvalue weighted by Gasteiger charge is 2.23. The number of nitrogens with one attached hydrogen (secondary N) is 1. The second-order valence-corrected chi connectivity index (χ2v) is 8.00. The number of rotatable bonds is 7. The van der Waals surface area contributed by atoms with Gasteiger partial charge in [0.2, 0.25) is 17.7 Å². The fourth-order valence-electron chi connectivity index (χ4n) is 3.73. The van der Waals surface area contributed by atoms with E-state index in [0.717, 1.165) is 35.2 Å². The van der Waals surface area contributed by atoms with Gasteiger partial charge in [0.1, 0.15) is 12.1 Å². The summed E-state index contributed by atoms with van der Waals surface area (Å²) in [6.07, 6.45) is 4.69. The van der Waals surface area contributed by atoms with Gasteiger partial charge in [0.05, 0.1) is 6.10 Å².